The molecule has 1 aliphatic heterocycles. The Balaban J connectivity index is 2.04. The number of ether oxygens (including phenoxy) is 1. The van der Waals surface area contributed by atoms with Crippen molar-refractivity contribution < 1.29 is 14.0 Å². The van der Waals surface area contributed by atoms with E-state index in [9.17, 15) is 0 Å². The van der Waals surface area contributed by atoms with Gasteiger partial charge in [-0.15, -0.1) is 0 Å². The van der Waals surface area contributed by atoms with Crippen LogP contribution in [-0.4, -0.2) is 25.4 Å². The molecule has 1 fully saturated rings. The third kappa shape index (κ3) is 3.02. The van der Waals surface area contributed by atoms with Crippen molar-refractivity contribution in [3.8, 4) is 5.75 Å². The van der Waals surface area contributed by atoms with Crippen LogP contribution in [0.15, 0.2) is 30.2 Å². The largest absolute Gasteiger partial charge is 0.497 e. The highest BCUT2D eigenvalue weighted by Crippen LogP contribution is 2.37. The summed E-state index contributed by atoms with van der Waals surface area (Å²) in [6.07, 6.45) is 2.00. The fourth-order valence-corrected chi connectivity index (χ4v) is 1.87. The molecule has 0 atom stereocenters. The van der Waals surface area contributed by atoms with Crippen molar-refractivity contribution in [3.63, 3.8) is 0 Å². The summed E-state index contributed by atoms with van der Waals surface area (Å²) < 4.78 is 16.9. The first-order valence-electron chi connectivity index (χ1n) is 6.52. The Hall–Kier alpha value is -1.26. The monoisotopic (exact) mass is 260 g/mol. The maximum Gasteiger partial charge on any atom is 0.487 e. The third-order valence-corrected chi connectivity index (χ3v) is 3.83. The van der Waals surface area contributed by atoms with Gasteiger partial charge in [0.1, 0.15) is 5.75 Å². The molecule has 1 aromatic rings. The van der Waals surface area contributed by atoms with Gasteiger partial charge in [-0.2, -0.15) is 0 Å². The molecule has 2 rings (SSSR count). The number of rotatable bonds is 3. The molecule has 3 nitrogen and oxygen atoms in total. The lowest BCUT2D eigenvalue weighted by Crippen LogP contribution is -2.41. The smallest absolute Gasteiger partial charge is 0.487 e. The minimum atomic E-state index is -0.299. The molecular formula is C15H21BO3. The maximum atomic E-state index is 5.90. The fourth-order valence-electron chi connectivity index (χ4n) is 1.87. The van der Waals surface area contributed by atoms with Crippen molar-refractivity contribution in [1.29, 1.82) is 0 Å². The second-order valence-electron chi connectivity index (χ2n) is 5.76. The molecule has 0 spiro atoms. The second kappa shape index (κ2) is 5.02. The van der Waals surface area contributed by atoms with E-state index in [0.717, 1.165) is 11.3 Å². The van der Waals surface area contributed by atoms with Gasteiger partial charge in [0, 0.05) is 0 Å². The van der Waals surface area contributed by atoms with Gasteiger partial charge in [0.2, 0.25) is 0 Å². The van der Waals surface area contributed by atoms with Gasteiger partial charge >= 0.3 is 7.12 Å². The normalized spacial score (nSPS) is 21.0. The number of benzene rings is 1. The molecule has 19 heavy (non-hydrogen) atoms. The molecule has 0 aliphatic carbocycles. The minimum Gasteiger partial charge on any atom is -0.497 e. The summed E-state index contributed by atoms with van der Waals surface area (Å²) >= 11 is 0. The van der Waals surface area contributed by atoms with Crippen molar-refractivity contribution in [2.75, 3.05) is 7.11 Å². The summed E-state index contributed by atoms with van der Waals surface area (Å²) in [7, 11) is 1.36. The number of methoxy groups -OCH3 is 1. The van der Waals surface area contributed by atoms with Crippen LogP contribution in [0.2, 0.25) is 0 Å². The quantitative estimate of drug-likeness (QED) is 0.780. The molecule has 0 bridgehead atoms. The summed E-state index contributed by atoms with van der Waals surface area (Å²) in [5.41, 5.74) is 0.514. The van der Waals surface area contributed by atoms with Crippen LogP contribution in [0.5, 0.6) is 5.75 Å². The molecule has 0 N–H and O–H groups in total. The fraction of sp³-hybridized carbons (Fsp3) is 0.467. The predicted octanol–water partition coefficient (Wildman–Crippen LogP) is 3.34. The first kappa shape index (κ1) is 14.2. The SMILES string of the molecule is COc1ccc(/C=C\B2OC(C)(C)C(C)(C)O2)cc1. The minimum absolute atomic E-state index is 0.290. The molecule has 0 aromatic heterocycles. The van der Waals surface area contributed by atoms with Crippen LogP contribution in [0.25, 0.3) is 6.08 Å². The summed E-state index contributed by atoms with van der Waals surface area (Å²) in [5, 5.41) is 0. The maximum absolute atomic E-state index is 5.90. The summed E-state index contributed by atoms with van der Waals surface area (Å²) in [6, 6.07) is 7.87. The van der Waals surface area contributed by atoms with Crippen molar-refractivity contribution in [3.05, 3.63) is 35.8 Å². The Labute approximate surface area is 115 Å². The Kier molecular flexibility index (Phi) is 3.74. The zero-order chi connectivity index (χ0) is 14.1. The van der Waals surface area contributed by atoms with Gasteiger partial charge in [-0.1, -0.05) is 24.2 Å². The molecule has 1 aliphatic rings. The standard InChI is InChI=1S/C15H21BO3/c1-14(2)15(3,4)19-16(18-14)11-10-12-6-8-13(17-5)9-7-12/h6-11H,1-5H3/b11-10-. The van der Waals surface area contributed by atoms with Crippen molar-refractivity contribution in [2.24, 2.45) is 0 Å². The Bertz CT molecular complexity index is 447. The van der Waals surface area contributed by atoms with Crippen LogP contribution in [0, 0.1) is 0 Å². The van der Waals surface area contributed by atoms with Crippen molar-refractivity contribution in [2.45, 2.75) is 38.9 Å². The van der Waals surface area contributed by atoms with E-state index >= 15 is 0 Å². The van der Waals surface area contributed by atoms with E-state index in [1.54, 1.807) is 7.11 Å². The average molecular weight is 260 g/mol. The van der Waals surface area contributed by atoms with Gasteiger partial charge in [-0.25, -0.2) is 0 Å². The van der Waals surface area contributed by atoms with Crippen LogP contribution >= 0.6 is 0 Å². The Morgan fingerprint density at radius 1 is 1.00 bits per heavy atom. The first-order valence-corrected chi connectivity index (χ1v) is 6.52. The number of hydrogen-bond donors (Lipinski definition) is 0. The molecule has 0 amide bonds. The lowest BCUT2D eigenvalue weighted by Gasteiger charge is -2.32. The van der Waals surface area contributed by atoms with Crippen LogP contribution in [-0.2, 0) is 9.31 Å². The Morgan fingerprint density at radius 2 is 1.53 bits per heavy atom. The van der Waals surface area contributed by atoms with Gasteiger partial charge < -0.3 is 14.0 Å². The van der Waals surface area contributed by atoms with Crippen LogP contribution < -0.4 is 4.74 Å². The van der Waals surface area contributed by atoms with Crippen LogP contribution in [0.1, 0.15) is 33.3 Å². The van der Waals surface area contributed by atoms with Crippen molar-refractivity contribution in [1.82, 2.24) is 0 Å². The molecule has 0 unspecified atom stereocenters. The highest BCUT2D eigenvalue weighted by atomic mass is 16.7. The molecule has 1 heterocycles. The molecular weight excluding hydrogens is 239 g/mol. The Morgan fingerprint density at radius 3 is 2.00 bits per heavy atom. The molecule has 102 valence electrons. The zero-order valence-electron chi connectivity index (χ0n) is 12.3. The van der Waals surface area contributed by atoms with Gasteiger partial charge in [0.05, 0.1) is 18.3 Å². The van der Waals surface area contributed by atoms with Crippen molar-refractivity contribution >= 4 is 13.2 Å². The summed E-state index contributed by atoms with van der Waals surface area (Å²) in [4.78, 5) is 0. The highest BCUT2D eigenvalue weighted by Gasteiger charge is 2.49. The van der Waals surface area contributed by atoms with Gasteiger partial charge in [-0.05, 0) is 45.4 Å². The van der Waals surface area contributed by atoms with E-state index in [0.29, 0.717) is 0 Å². The van der Waals surface area contributed by atoms with E-state index < -0.39 is 0 Å². The van der Waals surface area contributed by atoms with E-state index in [4.69, 9.17) is 14.0 Å². The van der Waals surface area contributed by atoms with E-state index in [1.165, 1.54) is 0 Å². The molecule has 4 heteroatoms. The van der Waals surface area contributed by atoms with E-state index in [1.807, 2.05) is 64.0 Å². The lowest BCUT2D eigenvalue weighted by atomic mass is 9.89. The highest BCUT2D eigenvalue weighted by molar-refractivity contribution is 6.52. The van der Waals surface area contributed by atoms with Crippen LogP contribution in [0.4, 0.5) is 0 Å². The average Bonchev–Trinajstić information content (AvgIpc) is 2.56. The topological polar surface area (TPSA) is 27.7 Å². The first-order chi connectivity index (χ1) is 8.84. The predicted molar refractivity (Wildman–Crippen MR) is 78.1 cm³/mol. The molecule has 1 saturated heterocycles. The third-order valence-electron chi connectivity index (χ3n) is 3.83. The van der Waals surface area contributed by atoms with Gasteiger partial charge in [-0.3, -0.25) is 0 Å². The van der Waals surface area contributed by atoms with Crippen LogP contribution in [0.3, 0.4) is 0 Å². The van der Waals surface area contributed by atoms with Gasteiger partial charge in [0.15, 0.2) is 0 Å². The lowest BCUT2D eigenvalue weighted by molar-refractivity contribution is 0.00578. The van der Waals surface area contributed by atoms with E-state index in [-0.39, 0.29) is 18.3 Å². The number of hydrogen-bond acceptors (Lipinski definition) is 3. The summed E-state index contributed by atoms with van der Waals surface area (Å²) in [5.74, 6) is 2.80. The second-order valence-corrected chi connectivity index (χ2v) is 5.76. The molecule has 1 aromatic carbocycles. The summed E-state index contributed by atoms with van der Waals surface area (Å²) in [6.45, 7) is 8.20. The molecule has 0 saturated carbocycles. The van der Waals surface area contributed by atoms with E-state index in [2.05, 4.69) is 0 Å². The van der Waals surface area contributed by atoms with Gasteiger partial charge in [0.25, 0.3) is 0 Å². The zero-order valence-corrected chi connectivity index (χ0v) is 12.3. The molecule has 0 radical (unpaired) electrons.